The Bertz CT molecular complexity index is 1410. The number of likely N-dealkylation sites (tertiary alicyclic amines) is 1. The van der Waals surface area contributed by atoms with E-state index in [0.29, 0.717) is 31.1 Å². The number of halogens is 1. The molecule has 1 saturated carbocycles. The van der Waals surface area contributed by atoms with Gasteiger partial charge in [-0.3, -0.25) is 14.4 Å². The van der Waals surface area contributed by atoms with Crippen molar-refractivity contribution in [2.24, 2.45) is 11.3 Å². The second-order valence-corrected chi connectivity index (χ2v) is 11.5. The van der Waals surface area contributed by atoms with Gasteiger partial charge in [0.2, 0.25) is 17.7 Å². The minimum Gasteiger partial charge on any atom is -0.380 e. The average Bonchev–Trinajstić information content (AvgIpc) is 3.56. The van der Waals surface area contributed by atoms with Crippen molar-refractivity contribution >= 4 is 28.8 Å². The van der Waals surface area contributed by atoms with Gasteiger partial charge in [0.05, 0.1) is 37.2 Å². The van der Waals surface area contributed by atoms with Crippen LogP contribution in [0.3, 0.4) is 0 Å². The van der Waals surface area contributed by atoms with Crippen molar-refractivity contribution in [3.63, 3.8) is 0 Å². The highest BCUT2D eigenvalue weighted by atomic mass is 19.1. The first-order chi connectivity index (χ1) is 19.3. The topological polar surface area (TPSA) is 116 Å². The molecule has 3 heterocycles. The molecule has 210 valence electrons. The van der Waals surface area contributed by atoms with Gasteiger partial charge in [-0.05, 0) is 50.3 Å². The Morgan fingerprint density at radius 2 is 1.90 bits per heavy atom. The zero-order valence-corrected chi connectivity index (χ0v) is 22.5. The summed E-state index contributed by atoms with van der Waals surface area (Å²) in [5, 5.41) is 5.75. The summed E-state index contributed by atoms with van der Waals surface area (Å²) in [5.41, 5.74) is 1.88. The molecule has 2 aromatic carbocycles. The first kappa shape index (κ1) is 26.4. The number of hydrogen-bond donors (Lipinski definition) is 3. The number of para-hydroxylation sites is 1. The fourth-order valence-electron chi connectivity index (χ4n) is 6.28. The molecule has 3 aromatic rings. The van der Waals surface area contributed by atoms with E-state index in [0.717, 1.165) is 31.2 Å². The van der Waals surface area contributed by atoms with E-state index >= 15 is 0 Å². The number of aromatic nitrogens is 2. The van der Waals surface area contributed by atoms with Crippen molar-refractivity contribution in [3.05, 3.63) is 65.7 Å². The zero-order chi connectivity index (χ0) is 27.9. The van der Waals surface area contributed by atoms with Crippen molar-refractivity contribution in [2.75, 3.05) is 19.8 Å². The van der Waals surface area contributed by atoms with Crippen LogP contribution >= 0.6 is 0 Å². The molecule has 40 heavy (non-hydrogen) atoms. The highest BCUT2D eigenvalue weighted by molar-refractivity contribution is 5.93. The fourth-order valence-corrected chi connectivity index (χ4v) is 6.28. The van der Waals surface area contributed by atoms with Crippen LogP contribution < -0.4 is 10.6 Å². The van der Waals surface area contributed by atoms with Gasteiger partial charge in [0.25, 0.3) is 0 Å². The van der Waals surface area contributed by atoms with Crippen molar-refractivity contribution < 1.29 is 23.5 Å². The Morgan fingerprint density at radius 3 is 2.60 bits per heavy atom. The normalized spacial score (nSPS) is 21.4. The number of fused-ring (bicyclic) bond motifs is 1. The van der Waals surface area contributed by atoms with E-state index in [9.17, 15) is 18.8 Å². The third kappa shape index (κ3) is 5.08. The van der Waals surface area contributed by atoms with Crippen molar-refractivity contribution in [1.29, 1.82) is 0 Å². The molecule has 3 atom stereocenters. The molecule has 6 rings (SSSR count). The van der Waals surface area contributed by atoms with E-state index in [2.05, 4.69) is 20.6 Å². The van der Waals surface area contributed by atoms with E-state index in [1.54, 1.807) is 19.1 Å². The van der Waals surface area contributed by atoms with Gasteiger partial charge >= 0.3 is 0 Å². The molecule has 3 N–H and O–H groups in total. The summed E-state index contributed by atoms with van der Waals surface area (Å²) >= 11 is 0. The summed E-state index contributed by atoms with van der Waals surface area (Å²) in [7, 11) is 0. The van der Waals surface area contributed by atoms with Gasteiger partial charge in [-0.25, -0.2) is 9.37 Å². The first-order valence-corrected chi connectivity index (χ1v) is 14.0. The lowest BCUT2D eigenvalue weighted by Crippen LogP contribution is -2.58. The first-order valence-electron chi connectivity index (χ1n) is 14.0. The number of nitrogens with zero attached hydrogens (tertiary/aromatic N) is 2. The van der Waals surface area contributed by atoms with E-state index in [1.807, 2.05) is 35.2 Å². The third-order valence-electron chi connectivity index (χ3n) is 8.57. The van der Waals surface area contributed by atoms with Gasteiger partial charge < -0.3 is 25.3 Å². The number of hydrogen-bond acceptors (Lipinski definition) is 5. The number of rotatable bonds is 8. The van der Waals surface area contributed by atoms with Gasteiger partial charge in [0.1, 0.15) is 17.4 Å². The number of aromatic amines is 1. The van der Waals surface area contributed by atoms with Gasteiger partial charge in [-0.1, -0.05) is 36.4 Å². The molecule has 0 bridgehead atoms. The SMILES string of the molecule is C[C@H](NC(=O)[C@H](CC(=O)N1CCC[C@H]1c1ccccc1)NC(=O)C1CC2(COC2)C1)c1nc2c(F)cccc2[nH]1. The lowest BCUT2D eigenvalue weighted by atomic mass is 9.60. The smallest absolute Gasteiger partial charge is 0.243 e. The summed E-state index contributed by atoms with van der Waals surface area (Å²) in [4.78, 5) is 49.4. The van der Waals surface area contributed by atoms with Crippen LogP contribution in [0.4, 0.5) is 4.39 Å². The Kier molecular flexibility index (Phi) is 7.04. The Morgan fingerprint density at radius 1 is 1.12 bits per heavy atom. The lowest BCUT2D eigenvalue weighted by Gasteiger charge is -2.52. The van der Waals surface area contributed by atoms with Crippen LogP contribution in [0, 0.1) is 17.2 Å². The summed E-state index contributed by atoms with van der Waals surface area (Å²) in [6.07, 6.45) is 3.03. The van der Waals surface area contributed by atoms with Crippen LogP contribution in [-0.2, 0) is 19.1 Å². The Hall–Kier alpha value is -3.79. The molecule has 0 radical (unpaired) electrons. The summed E-state index contributed by atoms with van der Waals surface area (Å²) in [6.45, 7) is 3.68. The highest BCUT2D eigenvalue weighted by Crippen LogP contribution is 2.50. The standard InChI is InChI=1S/C30H34FN5O4/c1-18(27-33-22-10-5-9-21(31)26(22)35-27)32-29(39)23(34-28(38)20-14-30(15-20)16-40-17-30)13-25(37)36-12-6-11-24(36)19-7-3-2-4-8-19/h2-5,7-10,18,20,23-24H,6,11-17H2,1H3,(H,32,39)(H,33,35)(H,34,38)/t18-,23-,24-/m0/s1. The van der Waals surface area contributed by atoms with Crippen LogP contribution in [0.25, 0.3) is 11.0 Å². The monoisotopic (exact) mass is 547 g/mol. The van der Waals surface area contributed by atoms with Crippen molar-refractivity contribution in [2.45, 2.75) is 57.2 Å². The summed E-state index contributed by atoms with van der Waals surface area (Å²) < 4.78 is 19.5. The second kappa shape index (κ2) is 10.6. The fraction of sp³-hybridized carbons (Fsp3) is 0.467. The van der Waals surface area contributed by atoms with E-state index in [4.69, 9.17) is 4.74 Å². The molecule has 1 aromatic heterocycles. The maximum atomic E-state index is 14.2. The molecule has 10 heteroatoms. The van der Waals surface area contributed by atoms with Crippen molar-refractivity contribution in [3.8, 4) is 0 Å². The highest BCUT2D eigenvalue weighted by Gasteiger charge is 2.52. The molecule has 2 saturated heterocycles. The lowest BCUT2D eigenvalue weighted by molar-refractivity contribution is -0.184. The number of nitrogens with one attached hydrogen (secondary N) is 3. The second-order valence-electron chi connectivity index (χ2n) is 11.5. The number of imidazole rings is 1. The predicted octanol–water partition coefficient (Wildman–Crippen LogP) is 3.54. The minimum absolute atomic E-state index is 0.0532. The Balaban J connectivity index is 1.17. The molecule has 1 aliphatic carbocycles. The largest absolute Gasteiger partial charge is 0.380 e. The molecular weight excluding hydrogens is 513 g/mol. The number of carbonyl (C=O) groups is 3. The minimum atomic E-state index is -1.05. The summed E-state index contributed by atoms with van der Waals surface area (Å²) in [6, 6.07) is 12.8. The molecular formula is C30H34FN5O4. The van der Waals surface area contributed by atoms with Crippen LogP contribution in [0.5, 0.6) is 0 Å². The van der Waals surface area contributed by atoms with Crippen LogP contribution in [0.2, 0.25) is 0 Å². The summed E-state index contributed by atoms with van der Waals surface area (Å²) in [5.74, 6) is -1.14. The number of benzene rings is 2. The molecule has 3 amide bonds. The molecule has 1 spiro atoms. The van der Waals surface area contributed by atoms with E-state index in [1.165, 1.54) is 6.07 Å². The quantitative estimate of drug-likeness (QED) is 0.399. The van der Waals surface area contributed by atoms with Crippen LogP contribution in [-0.4, -0.2) is 58.4 Å². The molecule has 2 aliphatic heterocycles. The van der Waals surface area contributed by atoms with Gasteiger partial charge in [0.15, 0.2) is 5.82 Å². The maximum absolute atomic E-state index is 14.2. The predicted molar refractivity (Wildman–Crippen MR) is 145 cm³/mol. The van der Waals surface area contributed by atoms with Crippen LogP contribution in [0.15, 0.2) is 48.5 Å². The molecule has 9 nitrogen and oxygen atoms in total. The molecule has 3 aliphatic rings. The van der Waals surface area contributed by atoms with Gasteiger partial charge in [-0.2, -0.15) is 0 Å². The van der Waals surface area contributed by atoms with Crippen LogP contribution in [0.1, 0.15) is 62.5 Å². The van der Waals surface area contributed by atoms with Gasteiger partial charge in [0, 0.05) is 17.9 Å². The van der Waals surface area contributed by atoms with Crippen molar-refractivity contribution in [1.82, 2.24) is 25.5 Å². The number of ether oxygens (including phenoxy) is 1. The number of amides is 3. The average molecular weight is 548 g/mol. The molecule has 0 unspecified atom stereocenters. The third-order valence-corrected chi connectivity index (χ3v) is 8.57. The van der Waals surface area contributed by atoms with E-state index < -0.39 is 23.8 Å². The number of carbonyl (C=O) groups excluding carboxylic acids is 3. The molecule has 3 fully saturated rings. The van der Waals surface area contributed by atoms with Gasteiger partial charge in [-0.15, -0.1) is 0 Å². The maximum Gasteiger partial charge on any atom is 0.243 e. The van der Waals surface area contributed by atoms with E-state index in [-0.39, 0.29) is 41.1 Å². The Labute approximate surface area is 231 Å². The number of H-pyrrole nitrogens is 1. The zero-order valence-electron chi connectivity index (χ0n) is 22.5.